The van der Waals surface area contributed by atoms with E-state index in [1.165, 1.54) is 25.3 Å². The Labute approximate surface area is 153 Å². The van der Waals surface area contributed by atoms with Gasteiger partial charge in [-0.05, 0) is 19.4 Å². The van der Waals surface area contributed by atoms with Crippen molar-refractivity contribution in [3.63, 3.8) is 0 Å². The number of para-hydroxylation sites is 1. The zero-order valence-corrected chi connectivity index (χ0v) is 15.9. The molecule has 0 saturated heterocycles. The van der Waals surface area contributed by atoms with Crippen molar-refractivity contribution in [2.75, 3.05) is 7.11 Å². The molecule has 0 spiro atoms. The van der Waals surface area contributed by atoms with Gasteiger partial charge in [-0.25, -0.2) is 13.1 Å². The molecule has 1 N–H and O–H groups in total. The molecule has 1 aromatic carbocycles. The van der Waals surface area contributed by atoms with Gasteiger partial charge < -0.3 is 4.74 Å². The third-order valence-electron chi connectivity index (χ3n) is 3.70. The van der Waals surface area contributed by atoms with E-state index in [4.69, 9.17) is 4.74 Å². The highest BCUT2D eigenvalue weighted by Gasteiger charge is 2.26. The summed E-state index contributed by atoms with van der Waals surface area (Å²) < 4.78 is 32.0. The van der Waals surface area contributed by atoms with Gasteiger partial charge in [0.05, 0.1) is 18.0 Å². The van der Waals surface area contributed by atoms with Gasteiger partial charge in [0.15, 0.2) is 4.90 Å². The molecule has 0 unspecified atom stereocenters. The van der Waals surface area contributed by atoms with Crippen LogP contribution in [0.2, 0.25) is 0 Å². The van der Waals surface area contributed by atoms with Crippen molar-refractivity contribution in [2.24, 2.45) is 5.92 Å². The molecule has 0 fully saturated rings. The number of nitro groups is 1. The fourth-order valence-corrected chi connectivity index (χ4v) is 3.72. The number of hydrogen-bond donors (Lipinski definition) is 1. The summed E-state index contributed by atoms with van der Waals surface area (Å²) in [5, 5.41) is 11.0. The molecule has 0 aliphatic carbocycles. The number of nitro benzene ring substituents is 1. The summed E-state index contributed by atoms with van der Waals surface area (Å²) in [6.07, 6.45) is 5.50. The lowest BCUT2D eigenvalue weighted by molar-refractivity contribution is -0.387. The molecular formula is C17H24N2O6S. The van der Waals surface area contributed by atoms with E-state index in [0.29, 0.717) is 6.42 Å². The normalized spacial score (nSPS) is 14.1. The fraction of sp³-hybridized carbons (Fsp3) is 0.471. The average Bonchev–Trinajstić information content (AvgIpc) is 2.60. The summed E-state index contributed by atoms with van der Waals surface area (Å²) in [7, 11) is -2.78. The highest BCUT2D eigenvalue weighted by Crippen LogP contribution is 2.23. The molecular weight excluding hydrogens is 360 g/mol. The molecule has 0 bridgehead atoms. The third-order valence-corrected chi connectivity index (χ3v) is 5.30. The van der Waals surface area contributed by atoms with Crippen molar-refractivity contribution < 1.29 is 22.9 Å². The fourth-order valence-electron chi connectivity index (χ4n) is 2.35. The van der Waals surface area contributed by atoms with Crippen molar-refractivity contribution in [1.29, 1.82) is 0 Å². The van der Waals surface area contributed by atoms with E-state index < -0.39 is 37.5 Å². The standard InChI is InChI=1S/C17H24N2O6S/c1-4-5-8-14(17(20)25-3)12-11-13(2)18-26(23,24)16-10-7-6-9-15(16)19(21)22/h6-7,9-14,18H,4-5,8H2,1-3H3/b12-11+/t13-,14+/m0/s1. The Balaban J connectivity index is 2.93. The van der Waals surface area contributed by atoms with E-state index in [0.717, 1.165) is 18.9 Å². The van der Waals surface area contributed by atoms with Crippen molar-refractivity contribution in [2.45, 2.75) is 44.0 Å². The predicted molar refractivity (Wildman–Crippen MR) is 97.1 cm³/mol. The lowest BCUT2D eigenvalue weighted by atomic mass is 10.0. The van der Waals surface area contributed by atoms with Crippen LogP contribution in [0.5, 0.6) is 0 Å². The quantitative estimate of drug-likeness (QED) is 0.287. The second kappa shape index (κ2) is 10.0. The van der Waals surface area contributed by atoms with Gasteiger partial charge in [0.1, 0.15) is 0 Å². The maximum absolute atomic E-state index is 12.4. The molecule has 8 nitrogen and oxygen atoms in total. The second-order valence-electron chi connectivity index (χ2n) is 5.79. The largest absolute Gasteiger partial charge is 0.469 e. The number of sulfonamides is 1. The first-order chi connectivity index (χ1) is 12.2. The van der Waals surface area contributed by atoms with E-state index in [2.05, 4.69) is 4.72 Å². The molecule has 0 radical (unpaired) electrons. The Morgan fingerprint density at radius 2 is 2.00 bits per heavy atom. The summed E-state index contributed by atoms with van der Waals surface area (Å²) >= 11 is 0. The van der Waals surface area contributed by atoms with Gasteiger partial charge in [-0.3, -0.25) is 14.9 Å². The van der Waals surface area contributed by atoms with Gasteiger partial charge in [0.25, 0.3) is 5.69 Å². The highest BCUT2D eigenvalue weighted by molar-refractivity contribution is 7.89. The van der Waals surface area contributed by atoms with E-state index in [1.54, 1.807) is 19.1 Å². The van der Waals surface area contributed by atoms with Crippen molar-refractivity contribution in [1.82, 2.24) is 4.72 Å². The van der Waals surface area contributed by atoms with Gasteiger partial charge in [0, 0.05) is 12.1 Å². The van der Waals surface area contributed by atoms with E-state index >= 15 is 0 Å². The molecule has 0 saturated carbocycles. The summed E-state index contributed by atoms with van der Waals surface area (Å²) in [4.78, 5) is 21.7. The van der Waals surface area contributed by atoms with Crippen molar-refractivity contribution >= 4 is 21.7 Å². The van der Waals surface area contributed by atoms with Gasteiger partial charge >= 0.3 is 5.97 Å². The number of nitrogens with one attached hydrogen (secondary N) is 1. The molecule has 1 rings (SSSR count). The predicted octanol–water partition coefficient (Wildman–Crippen LogP) is 2.80. The Kier molecular flexibility index (Phi) is 8.40. The van der Waals surface area contributed by atoms with Crippen LogP contribution < -0.4 is 4.72 Å². The van der Waals surface area contributed by atoms with Crippen molar-refractivity contribution in [3.05, 3.63) is 46.5 Å². The molecule has 144 valence electrons. The second-order valence-corrected chi connectivity index (χ2v) is 7.47. The SMILES string of the molecule is CCCC[C@H](/C=C/[C@H](C)NS(=O)(=O)c1ccccc1[N+](=O)[O-])C(=O)OC. The smallest absolute Gasteiger partial charge is 0.312 e. The molecule has 1 aromatic rings. The minimum absolute atomic E-state index is 0.386. The zero-order valence-electron chi connectivity index (χ0n) is 15.0. The summed E-state index contributed by atoms with van der Waals surface area (Å²) in [6.45, 7) is 3.58. The highest BCUT2D eigenvalue weighted by atomic mass is 32.2. The first-order valence-corrected chi connectivity index (χ1v) is 9.73. The number of carbonyl (C=O) groups is 1. The first-order valence-electron chi connectivity index (χ1n) is 8.24. The Morgan fingerprint density at radius 3 is 2.58 bits per heavy atom. The lowest BCUT2D eigenvalue weighted by Gasteiger charge is -2.13. The summed E-state index contributed by atoms with van der Waals surface area (Å²) in [5.74, 6) is -0.846. The number of unbranched alkanes of at least 4 members (excludes halogenated alkanes) is 1. The molecule has 0 heterocycles. The van der Waals surface area contributed by atoms with Gasteiger partial charge in [-0.2, -0.15) is 0 Å². The maximum Gasteiger partial charge on any atom is 0.312 e. The van der Waals surface area contributed by atoms with Crippen molar-refractivity contribution in [3.8, 4) is 0 Å². The number of nitrogens with zero attached hydrogens (tertiary/aromatic N) is 1. The topological polar surface area (TPSA) is 116 Å². The first kappa shape index (κ1) is 21.8. The maximum atomic E-state index is 12.4. The van der Waals surface area contributed by atoms with E-state index in [1.807, 2.05) is 6.92 Å². The Hall–Kier alpha value is -2.26. The lowest BCUT2D eigenvalue weighted by Crippen LogP contribution is -2.32. The molecule has 2 atom stereocenters. The monoisotopic (exact) mass is 384 g/mol. The summed E-state index contributed by atoms with van der Waals surface area (Å²) in [5.41, 5.74) is -0.494. The zero-order chi connectivity index (χ0) is 19.7. The van der Waals surface area contributed by atoms with Gasteiger partial charge in [-0.1, -0.05) is 44.1 Å². The molecule has 0 aliphatic heterocycles. The van der Waals surface area contributed by atoms with E-state index in [9.17, 15) is 23.3 Å². The molecule has 0 aromatic heterocycles. The number of ether oxygens (including phenoxy) is 1. The van der Waals surface area contributed by atoms with Crippen LogP contribution in [0, 0.1) is 16.0 Å². The molecule has 0 aliphatic rings. The molecule has 9 heteroatoms. The minimum atomic E-state index is -4.08. The van der Waals surface area contributed by atoms with Crippen LogP contribution in [0.25, 0.3) is 0 Å². The van der Waals surface area contributed by atoms with Gasteiger partial charge in [-0.15, -0.1) is 0 Å². The van der Waals surface area contributed by atoms with Crippen LogP contribution in [0.1, 0.15) is 33.1 Å². The average molecular weight is 384 g/mol. The van der Waals surface area contributed by atoms with Gasteiger partial charge in [0.2, 0.25) is 10.0 Å². The Morgan fingerprint density at radius 1 is 1.35 bits per heavy atom. The van der Waals surface area contributed by atoms with Crippen LogP contribution >= 0.6 is 0 Å². The molecule has 26 heavy (non-hydrogen) atoms. The summed E-state index contributed by atoms with van der Waals surface area (Å²) in [6, 6.07) is 4.46. The minimum Gasteiger partial charge on any atom is -0.469 e. The number of benzene rings is 1. The van der Waals surface area contributed by atoms with Crippen LogP contribution in [0.3, 0.4) is 0 Å². The number of hydrogen-bond acceptors (Lipinski definition) is 6. The van der Waals surface area contributed by atoms with Crippen LogP contribution in [-0.2, 0) is 19.6 Å². The van der Waals surface area contributed by atoms with Crippen LogP contribution in [0.15, 0.2) is 41.3 Å². The number of rotatable bonds is 10. The van der Waals surface area contributed by atoms with E-state index in [-0.39, 0.29) is 5.97 Å². The number of methoxy groups -OCH3 is 1. The number of carbonyl (C=O) groups excluding carboxylic acids is 1. The molecule has 0 amide bonds. The number of esters is 1. The van der Waals surface area contributed by atoms with Crippen LogP contribution in [-0.4, -0.2) is 32.5 Å². The van der Waals surface area contributed by atoms with Crippen LogP contribution in [0.4, 0.5) is 5.69 Å². The Bertz CT molecular complexity index is 760. The third kappa shape index (κ3) is 6.23.